The lowest BCUT2D eigenvalue weighted by Crippen LogP contribution is -2.20. The van der Waals surface area contributed by atoms with Crippen molar-refractivity contribution < 1.29 is 26.4 Å². The van der Waals surface area contributed by atoms with Gasteiger partial charge in [-0.3, -0.25) is 4.79 Å². The average molecular weight is 435 g/mol. The van der Waals surface area contributed by atoms with Gasteiger partial charge in [0.1, 0.15) is 0 Å². The van der Waals surface area contributed by atoms with Crippen LogP contribution in [0.5, 0.6) is 0 Å². The lowest BCUT2D eigenvalue weighted by atomic mass is 10.1. The molecule has 0 fully saturated rings. The van der Waals surface area contributed by atoms with Gasteiger partial charge >= 0.3 is 6.18 Å². The number of amides is 1. The van der Waals surface area contributed by atoms with Gasteiger partial charge in [0.15, 0.2) is 9.84 Å². The second-order valence-corrected chi connectivity index (χ2v) is 8.74. The van der Waals surface area contributed by atoms with Crippen LogP contribution in [0.1, 0.15) is 12.0 Å². The summed E-state index contributed by atoms with van der Waals surface area (Å²) in [5.74, 6) is -1.20. The van der Waals surface area contributed by atoms with Crippen molar-refractivity contribution in [1.29, 1.82) is 0 Å². The molecule has 2 aromatic carbocycles. The zero-order valence-corrected chi connectivity index (χ0v) is 16.6. The fraction of sp³-hybridized carbons (Fsp3) is 0.278. The molecule has 152 valence electrons. The molecule has 0 bridgehead atoms. The number of hydrogen-bond donors (Lipinski definition) is 1. The van der Waals surface area contributed by atoms with Gasteiger partial charge < -0.3 is 10.2 Å². The van der Waals surface area contributed by atoms with E-state index in [1.165, 1.54) is 30.3 Å². The molecule has 10 heteroatoms. The molecule has 1 N–H and O–H groups in total. The maximum absolute atomic E-state index is 12.9. The van der Waals surface area contributed by atoms with E-state index in [4.69, 9.17) is 11.6 Å². The highest BCUT2D eigenvalue weighted by Gasteiger charge is 2.31. The normalized spacial score (nSPS) is 11.9. The third kappa shape index (κ3) is 5.62. The first-order chi connectivity index (χ1) is 12.9. The van der Waals surface area contributed by atoms with Gasteiger partial charge in [-0.1, -0.05) is 11.6 Å². The number of nitrogens with zero attached hydrogens (tertiary/aromatic N) is 1. The average Bonchev–Trinajstić information content (AvgIpc) is 2.59. The Bertz CT molecular complexity index is 959. The molecule has 1 amide bonds. The van der Waals surface area contributed by atoms with E-state index in [1.807, 2.05) is 0 Å². The Kier molecular flexibility index (Phi) is 6.61. The molecule has 28 heavy (non-hydrogen) atoms. The van der Waals surface area contributed by atoms with Gasteiger partial charge in [-0.2, -0.15) is 13.2 Å². The summed E-state index contributed by atoms with van der Waals surface area (Å²) in [4.78, 5) is 13.7. The topological polar surface area (TPSA) is 66.5 Å². The molecule has 0 radical (unpaired) electrons. The summed E-state index contributed by atoms with van der Waals surface area (Å²) in [7, 11) is -0.503. The molecule has 0 unspecified atom stereocenters. The van der Waals surface area contributed by atoms with Crippen molar-refractivity contribution >= 4 is 38.7 Å². The first-order valence-electron chi connectivity index (χ1n) is 8.07. The Morgan fingerprint density at radius 2 is 1.71 bits per heavy atom. The zero-order valence-electron chi connectivity index (χ0n) is 15.0. The largest absolute Gasteiger partial charge is 0.416 e. The van der Waals surface area contributed by atoms with E-state index in [1.54, 1.807) is 19.0 Å². The van der Waals surface area contributed by atoms with Crippen molar-refractivity contribution in [2.75, 3.05) is 30.1 Å². The van der Waals surface area contributed by atoms with Crippen LogP contribution in [-0.2, 0) is 20.8 Å². The van der Waals surface area contributed by atoms with E-state index in [0.29, 0.717) is 10.7 Å². The fourth-order valence-corrected chi connectivity index (χ4v) is 3.77. The molecule has 0 heterocycles. The molecule has 0 aliphatic rings. The molecule has 0 aliphatic carbocycles. The van der Waals surface area contributed by atoms with Crippen LogP contribution in [0, 0.1) is 0 Å². The lowest BCUT2D eigenvalue weighted by molar-refractivity contribution is -0.137. The minimum Gasteiger partial charge on any atom is -0.376 e. The van der Waals surface area contributed by atoms with Crippen molar-refractivity contribution in [3.63, 3.8) is 0 Å². The maximum atomic E-state index is 12.9. The molecule has 0 saturated heterocycles. The summed E-state index contributed by atoms with van der Waals surface area (Å²) >= 11 is 5.72. The number of alkyl halides is 3. The first kappa shape index (κ1) is 22.0. The standard InChI is InChI=1S/C18H18ClF3N2O3S/c1-24(2)16-8-3-12(18(20,21)22)11-15(16)23-17(25)9-10-28(26,27)14-6-4-13(19)5-7-14/h3-8,11H,9-10H2,1-2H3,(H,23,25). The van der Waals surface area contributed by atoms with E-state index in [0.717, 1.165) is 12.1 Å². The Morgan fingerprint density at radius 3 is 2.25 bits per heavy atom. The quantitative estimate of drug-likeness (QED) is 0.739. The molecule has 0 atom stereocenters. The Morgan fingerprint density at radius 1 is 1.11 bits per heavy atom. The van der Waals surface area contributed by atoms with Crippen molar-refractivity contribution in [2.24, 2.45) is 0 Å². The van der Waals surface area contributed by atoms with Crippen LogP contribution in [0.15, 0.2) is 47.4 Å². The van der Waals surface area contributed by atoms with Gasteiger partial charge in [0.2, 0.25) is 5.91 Å². The zero-order chi connectivity index (χ0) is 21.1. The van der Waals surface area contributed by atoms with Gasteiger partial charge in [0, 0.05) is 25.5 Å². The number of sulfone groups is 1. The first-order valence-corrected chi connectivity index (χ1v) is 10.1. The van der Waals surface area contributed by atoms with Crippen molar-refractivity contribution in [1.82, 2.24) is 0 Å². The molecular formula is C18H18ClF3N2O3S. The molecule has 0 aliphatic heterocycles. The highest BCUT2D eigenvalue weighted by atomic mass is 35.5. The second-order valence-electron chi connectivity index (χ2n) is 6.20. The predicted molar refractivity (Wildman–Crippen MR) is 103 cm³/mol. The van der Waals surface area contributed by atoms with Gasteiger partial charge in [-0.25, -0.2) is 8.42 Å². The van der Waals surface area contributed by atoms with Crippen molar-refractivity contribution in [3.05, 3.63) is 53.1 Å². The number of carbonyl (C=O) groups is 1. The van der Waals surface area contributed by atoms with E-state index in [2.05, 4.69) is 5.32 Å². The second kappa shape index (κ2) is 8.40. The highest BCUT2D eigenvalue weighted by molar-refractivity contribution is 7.91. The van der Waals surface area contributed by atoms with Gasteiger partial charge in [0.05, 0.1) is 27.6 Å². The third-order valence-electron chi connectivity index (χ3n) is 3.85. The maximum Gasteiger partial charge on any atom is 0.416 e. The molecule has 5 nitrogen and oxygen atoms in total. The highest BCUT2D eigenvalue weighted by Crippen LogP contribution is 2.35. The molecule has 2 rings (SSSR count). The van der Waals surface area contributed by atoms with E-state index < -0.39 is 39.7 Å². The molecule has 2 aromatic rings. The SMILES string of the molecule is CN(C)c1ccc(C(F)(F)F)cc1NC(=O)CCS(=O)(=O)c1ccc(Cl)cc1. The molecule has 0 spiro atoms. The number of anilines is 2. The minimum absolute atomic E-state index is 0.0118. The fourth-order valence-electron chi connectivity index (χ4n) is 2.40. The van der Waals surface area contributed by atoms with E-state index >= 15 is 0 Å². The lowest BCUT2D eigenvalue weighted by Gasteiger charge is -2.19. The summed E-state index contributed by atoms with van der Waals surface area (Å²) in [6.45, 7) is 0. The van der Waals surface area contributed by atoms with Crippen LogP contribution in [0.3, 0.4) is 0 Å². The predicted octanol–water partition coefficient (Wildman–Crippen LogP) is 4.23. The number of benzene rings is 2. The van der Waals surface area contributed by atoms with Crippen LogP contribution in [0.4, 0.5) is 24.5 Å². The molecule has 0 aromatic heterocycles. The summed E-state index contributed by atoms with van der Waals surface area (Å²) in [6.07, 6.45) is -4.98. The monoisotopic (exact) mass is 434 g/mol. The summed E-state index contributed by atoms with van der Waals surface area (Å²) in [6, 6.07) is 8.46. The van der Waals surface area contributed by atoms with Crippen LogP contribution in [-0.4, -0.2) is 34.2 Å². The molecular weight excluding hydrogens is 417 g/mol. The Balaban J connectivity index is 2.15. The van der Waals surface area contributed by atoms with E-state index in [-0.39, 0.29) is 10.6 Å². The summed E-state index contributed by atoms with van der Waals surface area (Å²) in [5.41, 5.74) is -0.599. The third-order valence-corrected chi connectivity index (χ3v) is 5.83. The number of halogens is 4. The van der Waals surface area contributed by atoms with Crippen LogP contribution < -0.4 is 10.2 Å². The van der Waals surface area contributed by atoms with Crippen LogP contribution >= 0.6 is 11.6 Å². The van der Waals surface area contributed by atoms with E-state index in [9.17, 15) is 26.4 Å². The summed E-state index contributed by atoms with van der Waals surface area (Å²) in [5, 5.41) is 2.74. The Hall–Kier alpha value is -2.26. The van der Waals surface area contributed by atoms with Crippen molar-refractivity contribution in [3.8, 4) is 0 Å². The molecule has 0 saturated carbocycles. The smallest absolute Gasteiger partial charge is 0.376 e. The summed E-state index contributed by atoms with van der Waals surface area (Å²) < 4.78 is 63.4. The van der Waals surface area contributed by atoms with Crippen LogP contribution in [0.2, 0.25) is 5.02 Å². The Labute approximate surface area is 166 Å². The van der Waals surface area contributed by atoms with Crippen LogP contribution in [0.25, 0.3) is 0 Å². The number of rotatable bonds is 6. The minimum atomic E-state index is -4.57. The number of hydrogen-bond acceptors (Lipinski definition) is 4. The van der Waals surface area contributed by atoms with Gasteiger partial charge in [0.25, 0.3) is 0 Å². The van der Waals surface area contributed by atoms with Crippen molar-refractivity contribution in [2.45, 2.75) is 17.5 Å². The number of nitrogens with one attached hydrogen (secondary N) is 1. The number of carbonyl (C=O) groups excluding carboxylic acids is 1. The van der Waals surface area contributed by atoms with Gasteiger partial charge in [-0.15, -0.1) is 0 Å². The van der Waals surface area contributed by atoms with Gasteiger partial charge in [-0.05, 0) is 42.5 Å².